The maximum Gasteiger partial charge on any atom is 0.261 e. The van der Waals surface area contributed by atoms with E-state index >= 15 is 0 Å². The summed E-state index contributed by atoms with van der Waals surface area (Å²) < 4.78 is 20.1. The third-order valence-electron chi connectivity index (χ3n) is 6.76. The zero-order valence-corrected chi connectivity index (χ0v) is 19.6. The Balaban J connectivity index is 1.56. The lowest BCUT2D eigenvalue weighted by Crippen LogP contribution is -2.34. The van der Waals surface area contributed by atoms with Crippen LogP contribution in [0.5, 0.6) is 0 Å². The van der Waals surface area contributed by atoms with Gasteiger partial charge in [0.15, 0.2) is 0 Å². The highest BCUT2D eigenvalue weighted by Gasteiger charge is 2.27. The molecule has 2 aliphatic rings. The molecule has 0 spiro atoms. The zero-order chi connectivity index (χ0) is 24.6. The minimum atomic E-state index is -0.450. The van der Waals surface area contributed by atoms with E-state index in [2.05, 4.69) is 27.3 Å². The Labute approximate surface area is 207 Å². The summed E-state index contributed by atoms with van der Waals surface area (Å²) in [4.78, 5) is 20.5. The van der Waals surface area contributed by atoms with Gasteiger partial charge in [-0.15, -0.1) is 0 Å². The van der Waals surface area contributed by atoms with E-state index < -0.39 is 11.7 Å². The molecule has 0 radical (unpaired) electrons. The van der Waals surface area contributed by atoms with E-state index in [0.29, 0.717) is 16.9 Å². The molecule has 7 heteroatoms. The number of aryl methyl sites for hydroxylation is 2. The summed E-state index contributed by atoms with van der Waals surface area (Å²) in [6, 6.07) is 18.6. The number of nitrogens with zero attached hydrogens (tertiary/aromatic N) is 3. The van der Waals surface area contributed by atoms with Gasteiger partial charge >= 0.3 is 0 Å². The number of nitriles is 1. The molecular weight excluding hydrogens is 455 g/mol. The number of anilines is 2. The second-order valence-electron chi connectivity index (χ2n) is 9.18. The van der Waals surface area contributed by atoms with Gasteiger partial charge in [-0.05, 0) is 79.8 Å². The molecule has 4 aromatic rings. The molecule has 0 aliphatic carbocycles. The predicted molar refractivity (Wildman–Crippen MR) is 136 cm³/mol. The number of halogens is 1. The van der Waals surface area contributed by atoms with Crippen LogP contribution in [0.4, 0.5) is 21.5 Å². The first-order chi connectivity index (χ1) is 17.6. The topological polar surface area (TPSA) is 81.6 Å². The van der Waals surface area contributed by atoms with E-state index in [1.165, 1.54) is 29.4 Å². The first-order valence-electron chi connectivity index (χ1n) is 12.1. The fourth-order valence-corrected chi connectivity index (χ4v) is 5.23. The third kappa shape index (κ3) is 4.01. The number of carbonyl (C=O) groups excluding carboxylic acids is 1. The van der Waals surface area contributed by atoms with E-state index in [4.69, 9.17) is 4.42 Å². The molecule has 0 saturated heterocycles. The number of rotatable bonds is 3. The monoisotopic (exact) mass is 478 g/mol. The van der Waals surface area contributed by atoms with E-state index in [1.54, 1.807) is 30.3 Å². The van der Waals surface area contributed by atoms with Crippen molar-refractivity contribution in [2.45, 2.75) is 25.7 Å². The van der Waals surface area contributed by atoms with Gasteiger partial charge in [0.2, 0.25) is 5.55 Å². The van der Waals surface area contributed by atoms with Crippen molar-refractivity contribution in [2.24, 2.45) is 4.99 Å². The number of nitrogens with one attached hydrogen (secondary N) is 1. The Kier molecular flexibility index (Phi) is 5.49. The standard InChI is InChI=1S/C29H23FN4O2/c30-21-7-2-9-23(16-21)32-28(35)25-15-20-14-19-6-3-11-34-12-4-10-24(26(19)34)27(20)36-29(25)33-22-8-1-5-18(13-22)17-31/h1-2,5,7-9,13-16H,3-4,6,10-12H2,(H,32,35). The van der Waals surface area contributed by atoms with Crippen molar-refractivity contribution in [3.8, 4) is 6.07 Å². The minimum absolute atomic E-state index is 0.149. The molecule has 0 unspecified atom stereocenters. The number of benzene rings is 3. The van der Waals surface area contributed by atoms with Crippen LogP contribution in [-0.4, -0.2) is 19.0 Å². The van der Waals surface area contributed by atoms with Gasteiger partial charge in [0.05, 0.1) is 17.3 Å². The van der Waals surface area contributed by atoms with Gasteiger partial charge in [-0.1, -0.05) is 12.1 Å². The Morgan fingerprint density at radius 3 is 2.72 bits per heavy atom. The highest BCUT2D eigenvalue weighted by Crippen LogP contribution is 2.39. The van der Waals surface area contributed by atoms with E-state index in [0.717, 1.165) is 55.3 Å². The number of carbonyl (C=O) groups is 1. The van der Waals surface area contributed by atoms with Crippen LogP contribution in [0, 0.1) is 17.1 Å². The van der Waals surface area contributed by atoms with Crippen LogP contribution in [-0.2, 0) is 12.8 Å². The molecule has 0 bridgehead atoms. The summed E-state index contributed by atoms with van der Waals surface area (Å²) in [6.45, 7) is 2.08. The Bertz CT molecular complexity index is 1630. The molecule has 3 heterocycles. The number of amides is 1. The molecular formula is C29H23FN4O2. The molecule has 6 nitrogen and oxygen atoms in total. The van der Waals surface area contributed by atoms with Crippen LogP contribution in [0.1, 0.15) is 39.9 Å². The average molecular weight is 479 g/mol. The van der Waals surface area contributed by atoms with Crippen molar-refractivity contribution in [3.63, 3.8) is 0 Å². The van der Waals surface area contributed by atoms with Crippen molar-refractivity contribution in [1.82, 2.24) is 0 Å². The summed E-state index contributed by atoms with van der Waals surface area (Å²) in [5.41, 5.74) is 6.13. The second kappa shape index (κ2) is 8.97. The van der Waals surface area contributed by atoms with Crippen molar-refractivity contribution in [2.75, 3.05) is 23.3 Å². The predicted octanol–water partition coefficient (Wildman–Crippen LogP) is 5.63. The molecule has 0 fully saturated rings. The van der Waals surface area contributed by atoms with Crippen LogP contribution in [0.15, 0.2) is 70.1 Å². The maximum absolute atomic E-state index is 13.7. The molecule has 178 valence electrons. The molecule has 2 aliphatic heterocycles. The molecule has 6 rings (SSSR count). The lowest BCUT2D eigenvalue weighted by atomic mass is 9.90. The molecule has 1 aromatic heterocycles. The third-order valence-corrected chi connectivity index (χ3v) is 6.76. The fourth-order valence-electron chi connectivity index (χ4n) is 5.23. The Morgan fingerprint density at radius 1 is 1.06 bits per heavy atom. The molecule has 36 heavy (non-hydrogen) atoms. The summed E-state index contributed by atoms with van der Waals surface area (Å²) >= 11 is 0. The van der Waals surface area contributed by atoms with E-state index in [1.807, 2.05) is 6.07 Å². The second-order valence-corrected chi connectivity index (χ2v) is 9.18. The van der Waals surface area contributed by atoms with Crippen molar-refractivity contribution in [1.29, 1.82) is 5.26 Å². The molecule has 1 N–H and O–H groups in total. The van der Waals surface area contributed by atoms with Crippen LogP contribution in [0.2, 0.25) is 0 Å². The van der Waals surface area contributed by atoms with Gasteiger partial charge in [-0.2, -0.15) is 5.26 Å². The number of hydrogen-bond acceptors (Lipinski definition) is 5. The largest absolute Gasteiger partial charge is 0.437 e. The van der Waals surface area contributed by atoms with Crippen molar-refractivity contribution >= 4 is 33.9 Å². The van der Waals surface area contributed by atoms with Gasteiger partial charge < -0.3 is 14.6 Å². The smallest absolute Gasteiger partial charge is 0.261 e. The summed E-state index contributed by atoms with van der Waals surface area (Å²) in [5, 5.41) is 12.9. The average Bonchev–Trinajstić information content (AvgIpc) is 2.89. The Morgan fingerprint density at radius 2 is 1.89 bits per heavy atom. The van der Waals surface area contributed by atoms with Crippen LogP contribution in [0.25, 0.3) is 11.0 Å². The first kappa shape index (κ1) is 22.1. The van der Waals surface area contributed by atoms with Gasteiger partial charge in [0.1, 0.15) is 17.0 Å². The fraction of sp³-hybridized carbons (Fsp3) is 0.207. The van der Waals surface area contributed by atoms with Crippen LogP contribution < -0.4 is 15.8 Å². The van der Waals surface area contributed by atoms with E-state index in [-0.39, 0.29) is 11.1 Å². The highest BCUT2D eigenvalue weighted by molar-refractivity contribution is 6.06. The quantitative estimate of drug-likeness (QED) is 0.414. The van der Waals surface area contributed by atoms with Crippen LogP contribution >= 0.6 is 0 Å². The summed E-state index contributed by atoms with van der Waals surface area (Å²) in [7, 11) is 0. The normalized spacial score (nSPS) is 14.9. The zero-order valence-electron chi connectivity index (χ0n) is 19.6. The maximum atomic E-state index is 13.7. The number of fused-ring (bicyclic) bond motifs is 2. The lowest BCUT2D eigenvalue weighted by molar-refractivity contribution is 0.102. The molecule has 0 atom stereocenters. The van der Waals surface area contributed by atoms with Gasteiger partial charge in [0, 0.05) is 35.4 Å². The lowest BCUT2D eigenvalue weighted by Gasteiger charge is -2.37. The van der Waals surface area contributed by atoms with Gasteiger partial charge in [-0.3, -0.25) is 4.79 Å². The first-order valence-corrected chi connectivity index (χ1v) is 12.1. The highest BCUT2D eigenvalue weighted by atomic mass is 19.1. The molecule has 1 amide bonds. The SMILES string of the molecule is N#Cc1cccc(N=c2oc3c4c5c(cc3cc2C(=O)Nc2cccc(F)c2)CCCN5CCC4)c1. The molecule has 3 aromatic carbocycles. The Hall–Kier alpha value is -4.44. The summed E-state index contributed by atoms with van der Waals surface area (Å²) in [6.07, 6.45) is 4.04. The summed E-state index contributed by atoms with van der Waals surface area (Å²) in [5.74, 6) is -0.890. The van der Waals surface area contributed by atoms with Gasteiger partial charge in [-0.25, -0.2) is 9.38 Å². The molecule has 0 saturated carbocycles. The van der Waals surface area contributed by atoms with Crippen molar-refractivity contribution < 1.29 is 13.6 Å². The van der Waals surface area contributed by atoms with Gasteiger partial charge in [0.25, 0.3) is 5.91 Å². The minimum Gasteiger partial charge on any atom is -0.437 e. The van der Waals surface area contributed by atoms with Crippen molar-refractivity contribution in [3.05, 3.63) is 94.3 Å². The van der Waals surface area contributed by atoms with E-state index in [9.17, 15) is 14.4 Å². The van der Waals surface area contributed by atoms with Crippen LogP contribution in [0.3, 0.4) is 0 Å². The number of hydrogen-bond donors (Lipinski definition) is 1.